The molecule has 1 N–H and O–H groups in total. The quantitative estimate of drug-likeness (QED) is 0.874. The molecule has 3 rings (SSSR count). The van der Waals surface area contributed by atoms with Gasteiger partial charge in [0, 0.05) is 24.7 Å². The van der Waals surface area contributed by atoms with Crippen molar-refractivity contribution in [2.45, 2.75) is 38.1 Å². The van der Waals surface area contributed by atoms with Gasteiger partial charge in [-0.1, -0.05) is 37.3 Å². The van der Waals surface area contributed by atoms with Gasteiger partial charge < -0.3 is 10.2 Å². The van der Waals surface area contributed by atoms with E-state index in [9.17, 15) is 14.0 Å². The number of carbonyl (C=O) groups excluding carboxylic acids is 2. The van der Waals surface area contributed by atoms with Gasteiger partial charge in [-0.05, 0) is 49.1 Å². The van der Waals surface area contributed by atoms with Crippen LogP contribution in [0.15, 0.2) is 54.6 Å². The van der Waals surface area contributed by atoms with E-state index in [-0.39, 0.29) is 29.6 Å². The number of nitrogens with one attached hydrogen (secondary N) is 1. The zero-order valence-corrected chi connectivity index (χ0v) is 15.5. The molecule has 4 nitrogen and oxygen atoms in total. The number of carbonyl (C=O) groups is 2. The maximum atomic E-state index is 13.0. The highest BCUT2D eigenvalue weighted by atomic mass is 19.1. The van der Waals surface area contributed by atoms with Crippen LogP contribution in [0.2, 0.25) is 0 Å². The lowest BCUT2D eigenvalue weighted by atomic mass is 9.93. The third-order valence-electron chi connectivity index (χ3n) is 5.16. The van der Waals surface area contributed by atoms with Gasteiger partial charge in [0.1, 0.15) is 5.82 Å². The summed E-state index contributed by atoms with van der Waals surface area (Å²) in [5.74, 6) is -0.513. The molecule has 5 heteroatoms. The first-order valence-electron chi connectivity index (χ1n) is 9.48. The lowest BCUT2D eigenvalue weighted by molar-refractivity contribution is -0.134. The van der Waals surface area contributed by atoms with Crippen molar-refractivity contribution in [3.05, 3.63) is 71.5 Å². The van der Waals surface area contributed by atoms with Gasteiger partial charge in [-0.25, -0.2) is 4.39 Å². The average Bonchev–Trinajstić information content (AvgIpc) is 2.70. The first-order chi connectivity index (χ1) is 13.1. The van der Waals surface area contributed by atoms with Crippen molar-refractivity contribution >= 4 is 11.8 Å². The summed E-state index contributed by atoms with van der Waals surface area (Å²) < 4.78 is 13.0. The van der Waals surface area contributed by atoms with Crippen LogP contribution in [0.3, 0.4) is 0 Å². The highest BCUT2D eigenvalue weighted by Gasteiger charge is 2.28. The molecule has 1 atom stereocenters. The van der Waals surface area contributed by atoms with Crippen molar-refractivity contribution < 1.29 is 14.0 Å². The number of nitrogens with zero attached hydrogens (tertiary/aromatic N) is 1. The molecule has 142 valence electrons. The number of rotatable bonds is 5. The molecule has 0 radical (unpaired) electrons. The number of benzene rings is 2. The first kappa shape index (κ1) is 19.1. The van der Waals surface area contributed by atoms with Crippen molar-refractivity contribution in [3.8, 4) is 0 Å². The molecule has 1 saturated heterocycles. The van der Waals surface area contributed by atoms with E-state index < -0.39 is 0 Å². The number of hydrogen-bond donors (Lipinski definition) is 1. The van der Waals surface area contributed by atoms with E-state index in [1.54, 1.807) is 0 Å². The maximum absolute atomic E-state index is 13.0. The second-order valence-electron chi connectivity index (χ2n) is 6.95. The Morgan fingerprint density at radius 2 is 1.70 bits per heavy atom. The molecule has 2 aromatic rings. The molecular formula is C22H25FN2O2. The lowest BCUT2D eigenvalue weighted by Crippen LogP contribution is -2.47. The van der Waals surface area contributed by atoms with E-state index in [0.29, 0.717) is 18.7 Å². The van der Waals surface area contributed by atoms with E-state index in [1.807, 2.05) is 42.2 Å². The van der Waals surface area contributed by atoms with Gasteiger partial charge >= 0.3 is 0 Å². The molecule has 1 unspecified atom stereocenters. The number of amides is 2. The summed E-state index contributed by atoms with van der Waals surface area (Å²) in [6.45, 7) is 3.30. The maximum Gasteiger partial charge on any atom is 0.251 e. The monoisotopic (exact) mass is 368 g/mol. The normalized spacial score (nSPS) is 16.0. The van der Waals surface area contributed by atoms with E-state index in [4.69, 9.17) is 0 Å². The van der Waals surface area contributed by atoms with E-state index in [0.717, 1.165) is 24.8 Å². The van der Waals surface area contributed by atoms with Gasteiger partial charge in [0.05, 0.1) is 5.92 Å². The van der Waals surface area contributed by atoms with E-state index in [1.165, 1.54) is 24.3 Å². The molecule has 2 aromatic carbocycles. The molecule has 1 heterocycles. The van der Waals surface area contributed by atoms with Crippen molar-refractivity contribution in [2.24, 2.45) is 0 Å². The topological polar surface area (TPSA) is 49.4 Å². The van der Waals surface area contributed by atoms with Crippen molar-refractivity contribution in [1.82, 2.24) is 10.2 Å². The number of halogens is 1. The van der Waals surface area contributed by atoms with Gasteiger partial charge in [-0.15, -0.1) is 0 Å². The summed E-state index contributed by atoms with van der Waals surface area (Å²) in [4.78, 5) is 27.1. The van der Waals surface area contributed by atoms with Crippen LogP contribution in [0.25, 0.3) is 0 Å². The Morgan fingerprint density at radius 1 is 1.07 bits per heavy atom. The Labute approximate surface area is 159 Å². The lowest BCUT2D eigenvalue weighted by Gasteiger charge is -2.34. The Bertz CT molecular complexity index is 769. The Balaban J connectivity index is 1.54. The largest absolute Gasteiger partial charge is 0.349 e. The van der Waals surface area contributed by atoms with Gasteiger partial charge in [-0.3, -0.25) is 9.59 Å². The van der Waals surface area contributed by atoms with Crippen LogP contribution in [0.5, 0.6) is 0 Å². The standard InChI is InChI=1S/C22H25FN2O2/c1-2-20(16-6-4-3-5-7-16)22(27)25-14-12-19(13-15-25)24-21(26)17-8-10-18(23)11-9-17/h3-11,19-20H,2,12-15H2,1H3,(H,24,26). The van der Waals surface area contributed by atoms with Crippen LogP contribution in [-0.2, 0) is 4.79 Å². The zero-order valence-electron chi connectivity index (χ0n) is 15.5. The summed E-state index contributed by atoms with van der Waals surface area (Å²) in [7, 11) is 0. The predicted octanol–water partition coefficient (Wildman–Crippen LogP) is 3.74. The summed E-state index contributed by atoms with van der Waals surface area (Å²) in [6.07, 6.45) is 2.22. The van der Waals surface area contributed by atoms with Crippen molar-refractivity contribution in [1.29, 1.82) is 0 Å². The Hall–Kier alpha value is -2.69. The molecule has 0 aromatic heterocycles. The number of likely N-dealkylation sites (tertiary alicyclic amines) is 1. The highest BCUT2D eigenvalue weighted by molar-refractivity contribution is 5.94. The van der Waals surface area contributed by atoms with Crippen molar-refractivity contribution in [2.75, 3.05) is 13.1 Å². The molecular weight excluding hydrogens is 343 g/mol. The number of hydrogen-bond acceptors (Lipinski definition) is 2. The molecule has 0 bridgehead atoms. The van der Waals surface area contributed by atoms with Gasteiger partial charge in [0.15, 0.2) is 0 Å². The summed E-state index contributed by atoms with van der Waals surface area (Å²) in [5.41, 5.74) is 1.50. The molecule has 0 spiro atoms. The summed E-state index contributed by atoms with van der Waals surface area (Å²) in [5, 5.41) is 2.99. The van der Waals surface area contributed by atoms with Crippen LogP contribution < -0.4 is 5.32 Å². The molecule has 1 aliphatic heterocycles. The molecule has 1 aliphatic rings. The van der Waals surface area contributed by atoms with Crippen molar-refractivity contribution in [3.63, 3.8) is 0 Å². The molecule has 1 fully saturated rings. The zero-order chi connectivity index (χ0) is 19.2. The minimum Gasteiger partial charge on any atom is -0.349 e. The fraction of sp³-hybridized carbons (Fsp3) is 0.364. The average molecular weight is 368 g/mol. The minimum atomic E-state index is -0.359. The van der Waals surface area contributed by atoms with Crippen LogP contribution in [0.1, 0.15) is 48.0 Å². The second kappa shape index (κ2) is 8.80. The summed E-state index contributed by atoms with van der Waals surface area (Å²) >= 11 is 0. The number of piperidine rings is 1. The van der Waals surface area contributed by atoms with Crippen LogP contribution >= 0.6 is 0 Å². The minimum absolute atomic E-state index is 0.0309. The SMILES string of the molecule is CCC(C(=O)N1CCC(NC(=O)c2ccc(F)cc2)CC1)c1ccccc1. The predicted molar refractivity (Wildman–Crippen MR) is 103 cm³/mol. The molecule has 0 saturated carbocycles. The summed E-state index contributed by atoms with van der Waals surface area (Å²) in [6, 6.07) is 15.4. The van der Waals surface area contributed by atoms with E-state index >= 15 is 0 Å². The third-order valence-corrected chi connectivity index (χ3v) is 5.16. The Kier molecular flexibility index (Phi) is 6.22. The second-order valence-corrected chi connectivity index (χ2v) is 6.95. The van der Waals surface area contributed by atoms with E-state index in [2.05, 4.69) is 5.32 Å². The smallest absolute Gasteiger partial charge is 0.251 e. The van der Waals surface area contributed by atoms with Gasteiger partial charge in [0.25, 0.3) is 5.91 Å². The molecule has 2 amide bonds. The third kappa shape index (κ3) is 4.73. The molecule has 27 heavy (non-hydrogen) atoms. The van der Waals surface area contributed by atoms with Crippen LogP contribution in [-0.4, -0.2) is 35.8 Å². The van der Waals surface area contributed by atoms with Crippen LogP contribution in [0.4, 0.5) is 4.39 Å². The highest BCUT2D eigenvalue weighted by Crippen LogP contribution is 2.24. The van der Waals surface area contributed by atoms with Crippen LogP contribution in [0, 0.1) is 5.82 Å². The first-order valence-corrected chi connectivity index (χ1v) is 9.48. The van der Waals surface area contributed by atoms with Gasteiger partial charge in [-0.2, -0.15) is 0 Å². The Morgan fingerprint density at radius 3 is 2.30 bits per heavy atom. The molecule has 0 aliphatic carbocycles. The fourth-order valence-electron chi connectivity index (χ4n) is 3.57. The van der Waals surface area contributed by atoms with Gasteiger partial charge in [0.2, 0.25) is 5.91 Å². The fourth-order valence-corrected chi connectivity index (χ4v) is 3.57.